The van der Waals surface area contributed by atoms with Gasteiger partial charge < -0.3 is 19.9 Å². The van der Waals surface area contributed by atoms with E-state index in [0.717, 1.165) is 43.4 Å². The number of hydrogen-bond acceptors (Lipinski definition) is 5. The van der Waals surface area contributed by atoms with Gasteiger partial charge in [0.05, 0.1) is 10.7 Å². The maximum atomic E-state index is 8.33. The second kappa shape index (κ2) is 17.8. The van der Waals surface area contributed by atoms with E-state index >= 15 is 0 Å². The number of piperazine rings is 1. The summed E-state index contributed by atoms with van der Waals surface area (Å²) in [5.41, 5.74) is 2.55. The van der Waals surface area contributed by atoms with E-state index in [1.54, 1.807) is 0 Å². The van der Waals surface area contributed by atoms with Crippen LogP contribution in [-0.2, 0) is 6.54 Å². The number of hydrogen-bond donors (Lipinski definition) is 0. The second-order valence-electron chi connectivity index (χ2n) is 5.45. The van der Waals surface area contributed by atoms with Crippen LogP contribution in [0, 0.1) is 0 Å². The molecule has 0 radical (unpaired) electrons. The first-order valence-corrected chi connectivity index (χ1v) is 8.08. The number of anilines is 1. The summed E-state index contributed by atoms with van der Waals surface area (Å²) < 4.78 is 0. The summed E-state index contributed by atoms with van der Waals surface area (Å²) in [5.74, 6) is 0. The van der Waals surface area contributed by atoms with Crippen molar-refractivity contribution in [2.45, 2.75) is 6.54 Å². The van der Waals surface area contributed by atoms with Crippen LogP contribution in [0.5, 0.6) is 0 Å². The molecule has 0 spiro atoms. The summed E-state index contributed by atoms with van der Waals surface area (Å²) in [7, 11) is 0. The van der Waals surface area contributed by atoms with Gasteiger partial charge in [-0.1, -0.05) is 54.1 Å². The van der Waals surface area contributed by atoms with Gasteiger partial charge in [0.1, 0.15) is 0 Å². The molecule has 0 bridgehead atoms. The molecule has 2 aromatic rings. The van der Waals surface area contributed by atoms with Crippen molar-refractivity contribution in [2.24, 2.45) is 0 Å². The molecule has 136 valence electrons. The predicted molar refractivity (Wildman–Crippen MR) is 98.0 cm³/mol. The summed E-state index contributed by atoms with van der Waals surface area (Å²) in [4.78, 5) is 13.2. The number of nitrogens with zero attached hydrogens (tertiary/aromatic N) is 2. The first kappa shape index (κ1) is 31.3. The zero-order valence-corrected chi connectivity index (χ0v) is 29.8. The molecular formula is C18H20Cl2Cs2N2O3. The monoisotopic (exact) mass is 648 g/mol. The van der Waals surface area contributed by atoms with Crippen molar-refractivity contribution in [2.75, 3.05) is 31.1 Å². The number of carbonyl (C=O) groups excluding carboxylic acids is 1. The van der Waals surface area contributed by atoms with Crippen molar-refractivity contribution in [3.8, 4) is 0 Å². The van der Waals surface area contributed by atoms with Crippen LogP contribution in [0.3, 0.4) is 0 Å². The molecule has 2 aromatic carbocycles. The van der Waals surface area contributed by atoms with Crippen LogP contribution in [0.15, 0.2) is 54.6 Å². The number of rotatable bonds is 3. The van der Waals surface area contributed by atoms with Crippen LogP contribution < -0.4 is 153 Å². The van der Waals surface area contributed by atoms with Crippen molar-refractivity contribution in [1.29, 1.82) is 0 Å². The molecule has 5 nitrogen and oxygen atoms in total. The summed E-state index contributed by atoms with van der Waals surface area (Å²) in [5, 5.41) is 17.5. The van der Waals surface area contributed by atoms with Gasteiger partial charge in [0.15, 0.2) is 0 Å². The average Bonchev–Trinajstić information content (AvgIpc) is 2.57. The molecule has 0 N–H and O–H groups in total. The molecule has 0 atom stereocenters. The van der Waals surface area contributed by atoms with Crippen molar-refractivity contribution in [3.63, 3.8) is 0 Å². The Morgan fingerprint density at radius 1 is 0.889 bits per heavy atom. The Morgan fingerprint density at radius 3 is 1.89 bits per heavy atom. The fraction of sp³-hybridized carbons (Fsp3) is 0.278. The quantitative estimate of drug-likeness (QED) is 0.337. The number of halogens is 2. The van der Waals surface area contributed by atoms with Gasteiger partial charge in [-0.05, 0) is 23.9 Å². The Hall–Kier alpha value is 2.15. The SMILES string of the molecule is Cl.Clc1ccccc1N1CCN(Cc2ccccc2)CC1.O=C([O-])[O-].[Cs+].[Cs+]. The van der Waals surface area contributed by atoms with Crippen molar-refractivity contribution >= 4 is 35.9 Å². The molecule has 1 heterocycles. The number of carbonyl (C=O) groups is 1. The zero-order chi connectivity index (χ0) is 17.4. The molecule has 0 aromatic heterocycles. The van der Waals surface area contributed by atoms with Gasteiger partial charge >= 0.3 is 138 Å². The Bertz CT molecular complexity index is 654. The third kappa shape index (κ3) is 12.6. The molecule has 9 heteroatoms. The van der Waals surface area contributed by atoms with Crippen LogP contribution in [0.25, 0.3) is 0 Å². The molecule has 1 fully saturated rings. The van der Waals surface area contributed by atoms with Crippen molar-refractivity contribution in [3.05, 3.63) is 65.2 Å². The fourth-order valence-corrected chi connectivity index (χ4v) is 2.95. The smallest absolute Gasteiger partial charge is 0.652 e. The molecule has 0 unspecified atom stereocenters. The Kier molecular flexibility index (Phi) is 20.7. The summed E-state index contributed by atoms with van der Waals surface area (Å²) in [6.45, 7) is 5.28. The van der Waals surface area contributed by atoms with Gasteiger partial charge in [-0.3, -0.25) is 4.90 Å². The number of carboxylic acid groups (broad SMARTS) is 2. The maximum absolute atomic E-state index is 8.33. The minimum atomic E-state index is -2.33. The first-order valence-electron chi connectivity index (χ1n) is 7.70. The molecule has 1 aliphatic rings. The minimum Gasteiger partial charge on any atom is -0.652 e. The van der Waals surface area contributed by atoms with E-state index in [9.17, 15) is 0 Å². The van der Waals surface area contributed by atoms with Crippen LogP contribution in [0.4, 0.5) is 10.5 Å². The molecule has 27 heavy (non-hydrogen) atoms. The van der Waals surface area contributed by atoms with E-state index in [-0.39, 0.29) is 150 Å². The van der Waals surface area contributed by atoms with Gasteiger partial charge in [0.25, 0.3) is 0 Å². The normalized spacial score (nSPS) is 13.0. The van der Waals surface area contributed by atoms with Crippen LogP contribution in [-0.4, -0.2) is 37.2 Å². The van der Waals surface area contributed by atoms with Crippen LogP contribution in [0.2, 0.25) is 5.02 Å². The van der Waals surface area contributed by atoms with E-state index in [1.807, 2.05) is 12.1 Å². The summed E-state index contributed by atoms with van der Waals surface area (Å²) in [6, 6.07) is 18.8. The number of benzene rings is 2. The molecular weight excluding hydrogens is 629 g/mol. The van der Waals surface area contributed by atoms with Gasteiger partial charge in [0, 0.05) is 32.7 Å². The van der Waals surface area contributed by atoms with E-state index in [0.29, 0.717) is 0 Å². The first-order chi connectivity index (χ1) is 11.6. The molecule has 0 amide bonds. The summed E-state index contributed by atoms with van der Waals surface area (Å²) >= 11 is 6.27. The third-order valence-corrected chi connectivity index (χ3v) is 4.13. The molecule has 0 aliphatic carbocycles. The van der Waals surface area contributed by atoms with E-state index < -0.39 is 6.16 Å². The Labute approximate surface area is 289 Å². The third-order valence-electron chi connectivity index (χ3n) is 3.81. The predicted octanol–water partition coefficient (Wildman–Crippen LogP) is -4.35. The minimum absolute atomic E-state index is 0. The fourth-order valence-electron chi connectivity index (χ4n) is 2.70. The van der Waals surface area contributed by atoms with Crippen LogP contribution >= 0.6 is 24.0 Å². The molecule has 1 saturated heterocycles. The number of para-hydroxylation sites is 1. The van der Waals surface area contributed by atoms with Crippen LogP contribution in [0.1, 0.15) is 5.56 Å². The maximum Gasteiger partial charge on any atom is 1.00 e. The standard InChI is InChI=1S/C17H19ClN2.CH2O3.ClH.2Cs/c18-16-8-4-5-9-17(16)20-12-10-19(11-13-20)14-15-6-2-1-3-7-15;2-1(3)4;;;/h1-9H,10-14H2;(H2,2,3,4);1H;;/q;;;2*+1/p-2. The Balaban J connectivity index is 0. The van der Waals surface area contributed by atoms with E-state index in [4.69, 9.17) is 26.6 Å². The second-order valence-corrected chi connectivity index (χ2v) is 5.86. The Morgan fingerprint density at radius 2 is 1.37 bits per heavy atom. The van der Waals surface area contributed by atoms with E-state index in [2.05, 4.69) is 52.3 Å². The van der Waals surface area contributed by atoms with Crippen molar-refractivity contribution < 1.29 is 153 Å². The van der Waals surface area contributed by atoms with Gasteiger partial charge in [-0.25, -0.2) is 0 Å². The molecule has 3 rings (SSSR count). The van der Waals surface area contributed by atoms with Gasteiger partial charge in [0.2, 0.25) is 0 Å². The van der Waals surface area contributed by atoms with Gasteiger partial charge in [-0.2, -0.15) is 0 Å². The molecule has 0 saturated carbocycles. The zero-order valence-electron chi connectivity index (χ0n) is 15.6. The summed E-state index contributed by atoms with van der Waals surface area (Å²) in [6.07, 6.45) is -2.33. The topological polar surface area (TPSA) is 69.7 Å². The average molecular weight is 649 g/mol. The largest absolute Gasteiger partial charge is 1.00 e. The van der Waals surface area contributed by atoms with Crippen molar-refractivity contribution in [1.82, 2.24) is 4.90 Å². The van der Waals surface area contributed by atoms with E-state index in [1.165, 1.54) is 5.56 Å². The molecule has 1 aliphatic heterocycles. The van der Waals surface area contributed by atoms with Gasteiger partial charge in [-0.15, -0.1) is 12.4 Å².